The van der Waals surface area contributed by atoms with Gasteiger partial charge in [0.25, 0.3) is 0 Å². The van der Waals surface area contributed by atoms with Crippen LogP contribution in [0.5, 0.6) is 0 Å². The summed E-state index contributed by atoms with van der Waals surface area (Å²) < 4.78 is 0. The fraction of sp³-hybridized carbons (Fsp3) is 0.600. The van der Waals surface area contributed by atoms with E-state index in [1.165, 1.54) is 0 Å². The number of aliphatic carboxylic acids is 4. The third kappa shape index (κ3) is 21.0. The predicted octanol–water partition coefficient (Wildman–Crippen LogP) is -11.6. The Kier molecular flexibility index (Phi) is 24.6. The fourth-order valence-electron chi connectivity index (χ4n) is 1.46. The minimum atomic E-state index is -1.51. The van der Waals surface area contributed by atoms with Gasteiger partial charge in [-0.1, -0.05) is 0 Å². The number of hydrogen-bond acceptors (Lipinski definition) is 8. The van der Waals surface area contributed by atoms with Crippen molar-refractivity contribution in [3.63, 3.8) is 0 Å². The zero-order valence-corrected chi connectivity index (χ0v) is 19.2. The van der Waals surface area contributed by atoms with E-state index in [4.69, 9.17) is 10.2 Å². The first-order valence-electron chi connectivity index (χ1n) is 5.48. The van der Waals surface area contributed by atoms with Crippen LogP contribution in [0.25, 0.3) is 0 Å². The van der Waals surface area contributed by atoms with Crippen molar-refractivity contribution < 1.29 is 148 Å². The molecule has 0 heterocycles. The number of carbonyl (C=O) groups is 4. The third-order valence-corrected chi connectivity index (χ3v) is 2.16. The van der Waals surface area contributed by atoms with Gasteiger partial charge in [-0.3, -0.25) is 19.4 Å². The van der Waals surface area contributed by atoms with Crippen molar-refractivity contribution in [1.82, 2.24) is 9.80 Å². The first-order chi connectivity index (χ1) is 9.20. The van der Waals surface area contributed by atoms with Gasteiger partial charge in [-0.05, 0) is 0 Å². The van der Waals surface area contributed by atoms with E-state index in [1.54, 1.807) is 0 Å². The first-order valence-corrected chi connectivity index (χ1v) is 5.48. The van der Waals surface area contributed by atoms with Crippen molar-refractivity contribution in [1.29, 1.82) is 0 Å². The van der Waals surface area contributed by atoms with E-state index < -0.39 is 50.1 Å². The van der Waals surface area contributed by atoms with Crippen molar-refractivity contribution in [3.05, 3.63) is 0 Å². The van der Waals surface area contributed by atoms with Gasteiger partial charge in [0.05, 0.1) is 25.0 Å². The van der Waals surface area contributed by atoms with Crippen LogP contribution in [0.4, 0.5) is 0 Å². The Hall–Kier alpha value is 1.03. The summed E-state index contributed by atoms with van der Waals surface area (Å²) in [5.41, 5.74) is 0. The van der Waals surface area contributed by atoms with E-state index in [0.717, 1.165) is 9.80 Å². The number of hydrogen-bond donors (Lipinski definition) is 2. The molecule has 0 rings (SSSR count). The molecule has 13 heteroatoms. The molecular weight excluding hydrogens is 370 g/mol. The Morgan fingerprint density at radius 1 is 0.696 bits per heavy atom. The van der Waals surface area contributed by atoms with Crippen LogP contribution in [0.2, 0.25) is 0 Å². The van der Waals surface area contributed by atoms with Crippen LogP contribution in [0.15, 0.2) is 0 Å². The van der Waals surface area contributed by atoms with Gasteiger partial charge in [0.2, 0.25) is 0 Å². The van der Waals surface area contributed by atoms with Crippen LogP contribution in [0.1, 0.15) is 0 Å². The fourth-order valence-corrected chi connectivity index (χ4v) is 1.46. The minimum Gasteiger partial charge on any atom is -0.549 e. The molecule has 0 aromatic carbocycles. The molecule has 0 saturated carbocycles. The summed E-state index contributed by atoms with van der Waals surface area (Å²) in [6.07, 6.45) is 0. The maximum Gasteiger partial charge on any atom is 1.00 e. The van der Waals surface area contributed by atoms with Gasteiger partial charge < -0.3 is 35.5 Å². The topological polar surface area (TPSA) is 193 Å². The second kappa shape index (κ2) is 17.8. The number of carboxylic acid groups (broad SMARTS) is 4. The third-order valence-electron chi connectivity index (χ3n) is 2.16. The molecule has 11 nitrogen and oxygen atoms in total. The SMILES string of the molecule is O.O=C([O-])CN(CCN(CC(=O)O)CC(=O)O)CC(=O)[O-].[K+].[K+]. The van der Waals surface area contributed by atoms with Gasteiger partial charge >= 0.3 is 115 Å². The Bertz CT molecular complexity index is 327. The Balaban J connectivity index is -0.000000602. The van der Waals surface area contributed by atoms with Crippen LogP contribution in [-0.2, 0) is 19.2 Å². The normalized spacial score (nSPS) is 9.30. The van der Waals surface area contributed by atoms with Crippen LogP contribution < -0.4 is 113 Å². The molecule has 0 saturated heterocycles. The van der Waals surface area contributed by atoms with Crippen LogP contribution in [-0.4, -0.2) is 88.6 Å². The summed E-state index contributed by atoms with van der Waals surface area (Å²) in [5, 5.41) is 38.0. The second-order valence-electron chi connectivity index (χ2n) is 3.95. The van der Waals surface area contributed by atoms with Gasteiger partial charge in [-0.15, -0.1) is 0 Å². The monoisotopic (exact) mass is 386 g/mol. The summed E-state index contributed by atoms with van der Waals surface area (Å²) in [7, 11) is 0. The molecule has 0 aliphatic rings. The smallest absolute Gasteiger partial charge is 0.549 e. The Labute approximate surface area is 217 Å². The molecule has 0 unspecified atom stereocenters. The minimum absolute atomic E-state index is 0. The average molecular weight is 386 g/mol. The van der Waals surface area contributed by atoms with Crippen LogP contribution in [0.3, 0.4) is 0 Å². The van der Waals surface area contributed by atoms with E-state index in [1.807, 2.05) is 0 Å². The molecule has 0 atom stereocenters. The van der Waals surface area contributed by atoms with Gasteiger partial charge in [0.15, 0.2) is 0 Å². The molecule has 0 aliphatic carbocycles. The van der Waals surface area contributed by atoms with Gasteiger partial charge in [0.1, 0.15) is 0 Å². The summed E-state index contributed by atoms with van der Waals surface area (Å²) in [4.78, 5) is 43.9. The molecule has 0 fully saturated rings. The molecule has 122 valence electrons. The number of nitrogens with zero attached hydrogens (tertiary/aromatic N) is 2. The molecule has 0 amide bonds. The molecule has 23 heavy (non-hydrogen) atoms. The van der Waals surface area contributed by atoms with E-state index in [2.05, 4.69) is 0 Å². The Morgan fingerprint density at radius 2 is 0.957 bits per heavy atom. The predicted molar refractivity (Wildman–Crippen MR) is 61.8 cm³/mol. The largest absolute Gasteiger partial charge is 1.00 e. The molecule has 0 radical (unpaired) electrons. The molecule has 4 N–H and O–H groups in total. The molecule has 0 aromatic heterocycles. The van der Waals surface area contributed by atoms with Gasteiger partial charge in [-0.25, -0.2) is 0 Å². The van der Waals surface area contributed by atoms with Crippen LogP contribution >= 0.6 is 0 Å². The maximum absolute atomic E-state index is 10.5. The summed E-state index contributed by atoms with van der Waals surface area (Å²) in [6, 6.07) is 0. The number of carboxylic acids is 4. The number of carbonyl (C=O) groups excluding carboxylic acids is 2. The molecular formula is C10H16K2N2O9. The summed E-state index contributed by atoms with van der Waals surface area (Å²) in [6.45, 7) is -2.75. The molecule has 0 aromatic rings. The van der Waals surface area contributed by atoms with Crippen molar-refractivity contribution >= 4 is 23.9 Å². The van der Waals surface area contributed by atoms with Gasteiger partial charge in [0, 0.05) is 26.2 Å². The standard InChI is InChI=1S/C10H16N2O8.2K.H2O/c13-7(14)3-11(4-8(15)16)1-2-12(5-9(17)18)6-10(19)20;;;/h1-6H2,(H,13,14)(H,15,16)(H,17,18)(H,19,20);;;1H2/q;2*+1;/p-2. The summed E-state index contributed by atoms with van der Waals surface area (Å²) in [5.74, 6) is -5.52. The zero-order chi connectivity index (χ0) is 15.7. The first kappa shape index (κ1) is 31.8. The summed E-state index contributed by atoms with van der Waals surface area (Å²) >= 11 is 0. The van der Waals surface area contributed by atoms with Crippen molar-refractivity contribution in [2.75, 3.05) is 39.3 Å². The zero-order valence-electron chi connectivity index (χ0n) is 13.0. The van der Waals surface area contributed by atoms with E-state index >= 15 is 0 Å². The molecule has 0 aliphatic heterocycles. The van der Waals surface area contributed by atoms with E-state index in [0.29, 0.717) is 0 Å². The maximum atomic E-state index is 10.5. The Morgan fingerprint density at radius 3 is 1.17 bits per heavy atom. The molecule has 0 spiro atoms. The number of rotatable bonds is 11. The van der Waals surface area contributed by atoms with Crippen molar-refractivity contribution in [3.8, 4) is 0 Å². The van der Waals surface area contributed by atoms with Crippen molar-refractivity contribution in [2.24, 2.45) is 0 Å². The van der Waals surface area contributed by atoms with Crippen molar-refractivity contribution in [2.45, 2.75) is 0 Å². The quantitative estimate of drug-likeness (QED) is 0.322. The second-order valence-corrected chi connectivity index (χ2v) is 3.95. The average Bonchev–Trinajstić information content (AvgIpc) is 2.22. The molecule has 0 bridgehead atoms. The van der Waals surface area contributed by atoms with Crippen LogP contribution in [0, 0.1) is 0 Å². The van der Waals surface area contributed by atoms with Gasteiger partial charge in [-0.2, -0.15) is 0 Å². The van der Waals surface area contributed by atoms with E-state index in [9.17, 15) is 29.4 Å². The van der Waals surface area contributed by atoms with E-state index in [-0.39, 0.29) is 121 Å².